The molecule has 0 aliphatic rings. The third kappa shape index (κ3) is 2.66. The highest BCUT2D eigenvalue weighted by molar-refractivity contribution is 5.98. The van der Waals surface area contributed by atoms with Gasteiger partial charge in [-0.2, -0.15) is 17.7 Å². The van der Waals surface area contributed by atoms with Gasteiger partial charge in [0.25, 0.3) is 5.69 Å². The maximum atomic E-state index is 12.4. The monoisotopic (exact) mass is 285 g/mol. The zero-order valence-electron chi connectivity index (χ0n) is 10.4. The maximum Gasteiger partial charge on any atom is 0.461 e. The van der Waals surface area contributed by atoms with E-state index in [-0.39, 0.29) is 12.3 Å². The van der Waals surface area contributed by atoms with Gasteiger partial charge in [-0.15, -0.1) is 0 Å². The standard InChI is InChI=1S/C13H10F3NO3/c1-17-9(7-8-5-3-2-4-6-8)20-12(19)10(17)11(18)13(14,15)16/h2-6H,7H2,1H3. The van der Waals surface area contributed by atoms with E-state index in [2.05, 4.69) is 0 Å². The van der Waals surface area contributed by atoms with Crippen molar-refractivity contribution < 1.29 is 32.1 Å². The smallest absolute Gasteiger partial charge is 0.461 e. The Morgan fingerprint density at radius 1 is 1.30 bits per heavy atom. The molecule has 20 heavy (non-hydrogen) atoms. The first kappa shape index (κ1) is 14.1. The van der Waals surface area contributed by atoms with Crippen molar-refractivity contribution in [3.8, 4) is 5.95 Å². The van der Waals surface area contributed by atoms with Gasteiger partial charge in [-0.05, 0) is 5.56 Å². The van der Waals surface area contributed by atoms with E-state index in [0.717, 1.165) is 10.1 Å². The number of ketones is 1. The van der Waals surface area contributed by atoms with E-state index < -0.39 is 23.6 Å². The zero-order chi connectivity index (χ0) is 14.9. The fourth-order valence-corrected chi connectivity index (χ4v) is 1.79. The molecule has 7 heteroatoms. The number of rotatable bonds is 3. The summed E-state index contributed by atoms with van der Waals surface area (Å²) in [5.74, 6) is -3.48. The van der Waals surface area contributed by atoms with Crippen LogP contribution in [0.25, 0.3) is 0 Å². The number of hydrogen-bond acceptors (Lipinski definition) is 3. The molecule has 0 fully saturated rings. The van der Waals surface area contributed by atoms with E-state index >= 15 is 0 Å². The van der Waals surface area contributed by atoms with E-state index in [9.17, 15) is 23.1 Å². The van der Waals surface area contributed by atoms with Crippen molar-refractivity contribution in [3.63, 3.8) is 0 Å². The van der Waals surface area contributed by atoms with Crippen LogP contribution in [0.2, 0.25) is 0 Å². The van der Waals surface area contributed by atoms with Crippen molar-refractivity contribution in [2.24, 2.45) is 7.05 Å². The number of carbonyl (C=O) groups is 1. The predicted molar refractivity (Wildman–Crippen MR) is 59.0 cm³/mol. The summed E-state index contributed by atoms with van der Waals surface area (Å²) >= 11 is 0. The van der Waals surface area contributed by atoms with Crippen molar-refractivity contribution in [2.45, 2.75) is 12.6 Å². The lowest BCUT2D eigenvalue weighted by Crippen LogP contribution is -2.41. The van der Waals surface area contributed by atoms with Gasteiger partial charge >= 0.3 is 12.0 Å². The molecule has 0 saturated carbocycles. The Kier molecular flexibility index (Phi) is 3.52. The van der Waals surface area contributed by atoms with Crippen LogP contribution in [-0.4, -0.2) is 12.0 Å². The summed E-state index contributed by atoms with van der Waals surface area (Å²) in [7, 11) is 1.20. The quantitative estimate of drug-likeness (QED) is 0.634. The molecular weight excluding hydrogens is 275 g/mol. The van der Waals surface area contributed by atoms with Crippen molar-refractivity contribution in [2.75, 3.05) is 0 Å². The van der Waals surface area contributed by atoms with Crippen LogP contribution in [0, 0.1) is 0 Å². The molecule has 4 nitrogen and oxygen atoms in total. The van der Waals surface area contributed by atoms with Gasteiger partial charge in [0, 0.05) is 0 Å². The molecule has 1 aromatic heterocycles. The molecule has 2 aromatic rings. The van der Waals surface area contributed by atoms with Gasteiger partial charge in [0.15, 0.2) is 0 Å². The number of benzene rings is 1. The minimum Gasteiger partial charge on any atom is -0.540 e. The van der Waals surface area contributed by atoms with Crippen LogP contribution in [0.5, 0.6) is 5.95 Å². The molecule has 106 valence electrons. The lowest BCUT2D eigenvalue weighted by Gasteiger charge is -2.02. The molecule has 0 spiro atoms. The molecule has 0 N–H and O–H groups in total. The minimum atomic E-state index is -5.11. The Morgan fingerprint density at radius 3 is 2.45 bits per heavy atom. The molecule has 0 saturated heterocycles. The normalized spacial score (nSPS) is 11.6. The number of oxazole rings is 1. The van der Waals surface area contributed by atoms with Crippen LogP contribution < -0.4 is 9.67 Å². The van der Waals surface area contributed by atoms with Gasteiger partial charge in [-0.3, -0.25) is 4.79 Å². The molecule has 0 radical (unpaired) electrons. The first-order valence-electron chi connectivity index (χ1n) is 5.65. The topological polar surface area (TPSA) is 57.1 Å². The SMILES string of the molecule is C[n+]1c(Cc2ccccc2)oc([O-])c1C(=O)C(F)(F)F. The molecule has 0 bridgehead atoms. The highest BCUT2D eigenvalue weighted by Gasteiger charge is 2.46. The Morgan fingerprint density at radius 2 is 1.90 bits per heavy atom. The Labute approximate surface area is 112 Å². The van der Waals surface area contributed by atoms with E-state index in [1.165, 1.54) is 7.05 Å². The van der Waals surface area contributed by atoms with Gasteiger partial charge in [-0.25, -0.2) is 0 Å². The van der Waals surface area contributed by atoms with Crippen LogP contribution in [0.4, 0.5) is 13.2 Å². The number of nitrogens with zero attached hydrogens (tertiary/aromatic N) is 1. The van der Waals surface area contributed by atoms with Gasteiger partial charge in [0.2, 0.25) is 5.89 Å². The summed E-state index contributed by atoms with van der Waals surface area (Å²) < 4.78 is 42.8. The van der Waals surface area contributed by atoms with Crippen LogP contribution in [0.1, 0.15) is 21.9 Å². The number of carbonyl (C=O) groups excluding carboxylic acids is 1. The van der Waals surface area contributed by atoms with Gasteiger partial charge in [0.1, 0.15) is 13.0 Å². The van der Waals surface area contributed by atoms with Crippen LogP contribution in [-0.2, 0) is 13.5 Å². The summed E-state index contributed by atoms with van der Waals surface area (Å²) in [6.45, 7) is 0. The number of hydrogen-bond donors (Lipinski definition) is 0. The van der Waals surface area contributed by atoms with Gasteiger partial charge in [-0.1, -0.05) is 30.3 Å². The second kappa shape index (κ2) is 4.99. The zero-order valence-corrected chi connectivity index (χ0v) is 10.4. The lowest BCUT2D eigenvalue weighted by atomic mass is 10.1. The first-order valence-corrected chi connectivity index (χ1v) is 5.65. The Balaban J connectivity index is 2.37. The molecule has 0 aliphatic carbocycles. The van der Waals surface area contributed by atoms with Crippen molar-refractivity contribution in [3.05, 3.63) is 47.5 Å². The summed E-state index contributed by atoms with van der Waals surface area (Å²) in [6.07, 6.45) is -4.98. The summed E-state index contributed by atoms with van der Waals surface area (Å²) in [4.78, 5) is 11.2. The molecule has 1 aromatic carbocycles. The van der Waals surface area contributed by atoms with Crippen molar-refractivity contribution in [1.29, 1.82) is 0 Å². The van der Waals surface area contributed by atoms with E-state index in [1.807, 2.05) is 0 Å². The van der Waals surface area contributed by atoms with E-state index in [0.29, 0.717) is 0 Å². The van der Waals surface area contributed by atoms with Gasteiger partial charge < -0.3 is 9.52 Å². The highest BCUT2D eigenvalue weighted by atomic mass is 19.4. The largest absolute Gasteiger partial charge is 0.540 e. The Bertz CT molecular complexity index is 632. The molecule has 2 rings (SSSR count). The van der Waals surface area contributed by atoms with Crippen molar-refractivity contribution >= 4 is 5.78 Å². The fraction of sp³-hybridized carbons (Fsp3) is 0.231. The number of alkyl halides is 3. The van der Waals surface area contributed by atoms with E-state index in [1.54, 1.807) is 30.3 Å². The molecule has 0 aliphatic heterocycles. The third-order valence-corrected chi connectivity index (χ3v) is 2.78. The number of halogens is 3. The Hall–Kier alpha value is -2.31. The second-order valence-electron chi connectivity index (χ2n) is 4.18. The van der Waals surface area contributed by atoms with Crippen LogP contribution >= 0.6 is 0 Å². The second-order valence-corrected chi connectivity index (χ2v) is 4.18. The molecular formula is C13H10F3NO3. The minimum absolute atomic E-state index is 0.00574. The average molecular weight is 285 g/mol. The maximum absolute atomic E-state index is 12.4. The van der Waals surface area contributed by atoms with Crippen LogP contribution in [0.15, 0.2) is 34.7 Å². The van der Waals surface area contributed by atoms with Crippen molar-refractivity contribution in [1.82, 2.24) is 0 Å². The highest BCUT2D eigenvalue weighted by Crippen LogP contribution is 2.25. The predicted octanol–water partition coefficient (Wildman–Crippen LogP) is 1.51. The average Bonchev–Trinajstić information content (AvgIpc) is 2.64. The molecule has 0 atom stereocenters. The molecule has 1 heterocycles. The summed E-state index contributed by atoms with van der Waals surface area (Å²) in [5.41, 5.74) is -0.258. The lowest BCUT2D eigenvalue weighted by molar-refractivity contribution is -0.685. The number of aromatic nitrogens is 1. The van der Waals surface area contributed by atoms with E-state index in [4.69, 9.17) is 4.42 Å². The summed E-state index contributed by atoms with van der Waals surface area (Å²) in [6, 6.07) is 8.75. The summed E-state index contributed by atoms with van der Waals surface area (Å²) in [5, 5.41) is 11.4. The van der Waals surface area contributed by atoms with Crippen LogP contribution in [0.3, 0.4) is 0 Å². The molecule has 0 amide bonds. The molecule has 0 unspecified atom stereocenters. The van der Waals surface area contributed by atoms with Gasteiger partial charge in [0.05, 0.1) is 6.42 Å². The number of Topliss-reactive ketones (excluding diaryl/α,β-unsaturated/α-hetero) is 1. The fourth-order valence-electron chi connectivity index (χ4n) is 1.79. The third-order valence-electron chi connectivity index (χ3n) is 2.78. The first-order chi connectivity index (χ1) is 9.30.